The SMILES string of the molecule is C=C[C@@H]1C[C@]1(NC(=O)[C@@H]1CN(c2ccccc2)CN1C(=O)C(NC(=O)OC1CCCC1)C(C)(C)C)C(=O)NS(=O)(=O)C1CC1. The minimum Gasteiger partial charge on any atom is -0.446 e. The van der Waals surface area contributed by atoms with Crippen molar-refractivity contribution in [1.29, 1.82) is 0 Å². The van der Waals surface area contributed by atoms with Crippen LogP contribution in [0.3, 0.4) is 0 Å². The number of para-hydroxylation sites is 1. The largest absolute Gasteiger partial charge is 0.446 e. The van der Waals surface area contributed by atoms with E-state index in [9.17, 15) is 27.6 Å². The van der Waals surface area contributed by atoms with Crippen molar-refractivity contribution < 1.29 is 32.3 Å². The quantitative estimate of drug-likeness (QED) is 0.334. The molecule has 12 nitrogen and oxygen atoms in total. The molecule has 1 aliphatic heterocycles. The maximum Gasteiger partial charge on any atom is 0.408 e. The molecule has 3 N–H and O–H groups in total. The van der Waals surface area contributed by atoms with Gasteiger partial charge in [-0.3, -0.25) is 19.1 Å². The summed E-state index contributed by atoms with van der Waals surface area (Å²) in [4.78, 5) is 57.7. The average Bonchev–Trinajstić information content (AvgIpc) is 3.84. The van der Waals surface area contributed by atoms with Crippen molar-refractivity contribution in [2.24, 2.45) is 11.3 Å². The first-order valence-corrected chi connectivity index (χ1v) is 16.9. The van der Waals surface area contributed by atoms with E-state index < -0.39 is 68.0 Å². The van der Waals surface area contributed by atoms with Crippen LogP contribution in [-0.4, -0.2) is 79.3 Å². The number of alkyl carbamates (subject to hydrolysis) is 1. The first-order chi connectivity index (χ1) is 20.7. The fourth-order valence-electron chi connectivity index (χ4n) is 6.06. The summed E-state index contributed by atoms with van der Waals surface area (Å²) in [5, 5.41) is 4.95. The molecule has 0 aromatic heterocycles. The molecule has 4 aliphatic rings. The Balaban J connectivity index is 1.38. The van der Waals surface area contributed by atoms with Crippen molar-refractivity contribution in [3.8, 4) is 0 Å². The lowest BCUT2D eigenvalue weighted by Crippen LogP contribution is -2.60. The Morgan fingerprint density at radius 3 is 2.30 bits per heavy atom. The van der Waals surface area contributed by atoms with Crippen molar-refractivity contribution >= 4 is 39.5 Å². The summed E-state index contributed by atoms with van der Waals surface area (Å²) in [6, 6.07) is 7.27. The van der Waals surface area contributed by atoms with Gasteiger partial charge in [-0.05, 0) is 62.5 Å². The normalized spacial score (nSPS) is 26.1. The Kier molecular flexibility index (Phi) is 8.71. The predicted molar refractivity (Wildman–Crippen MR) is 164 cm³/mol. The Bertz CT molecular complexity index is 1400. The summed E-state index contributed by atoms with van der Waals surface area (Å²) >= 11 is 0. The lowest BCUT2D eigenvalue weighted by atomic mass is 9.85. The zero-order valence-corrected chi connectivity index (χ0v) is 26.4. The summed E-state index contributed by atoms with van der Waals surface area (Å²) < 4.78 is 32.8. The van der Waals surface area contributed by atoms with E-state index in [4.69, 9.17) is 4.74 Å². The maximum atomic E-state index is 14.2. The molecule has 4 atom stereocenters. The molecule has 0 spiro atoms. The van der Waals surface area contributed by atoms with Crippen LogP contribution in [0.1, 0.15) is 65.7 Å². The molecular weight excluding hydrogens is 586 g/mol. The molecule has 4 amide bonds. The van der Waals surface area contributed by atoms with Crippen LogP contribution in [-0.2, 0) is 29.1 Å². The molecule has 44 heavy (non-hydrogen) atoms. The first kappa shape index (κ1) is 31.8. The highest BCUT2D eigenvalue weighted by Gasteiger charge is 2.62. The summed E-state index contributed by atoms with van der Waals surface area (Å²) in [6.45, 7) is 9.41. The van der Waals surface area contributed by atoms with Crippen LogP contribution in [0.25, 0.3) is 0 Å². The third-order valence-corrected chi connectivity index (χ3v) is 10.8. The molecule has 13 heteroatoms. The van der Waals surface area contributed by atoms with Crippen molar-refractivity contribution in [2.45, 2.75) is 94.7 Å². The van der Waals surface area contributed by atoms with Gasteiger partial charge in [0.15, 0.2) is 0 Å². The molecule has 240 valence electrons. The number of benzene rings is 1. The molecule has 0 bridgehead atoms. The number of carbonyl (C=O) groups is 4. The fourth-order valence-corrected chi connectivity index (χ4v) is 7.43. The van der Waals surface area contributed by atoms with E-state index in [2.05, 4.69) is 21.9 Å². The van der Waals surface area contributed by atoms with E-state index in [1.807, 2.05) is 56.0 Å². The van der Waals surface area contributed by atoms with Crippen LogP contribution < -0.4 is 20.3 Å². The van der Waals surface area contributed by atoms with Crippen LogP contribution in [0.2, 0.25) is 0 Å². The van der Waals surface area contributed by atoms with Crippen LogP contribution >= 0.6 is 0 Å². The topological polar surface area (TPSA) is 154 Å². The van der Waals surface area contributed by atoms with E-state index in [-0.39, 0.29) is 25.7 Å². The minimum absolute atomic E-state index is 0.0625. The van der Waals surface area contributed by atoms with Crippen molar-refractivity contribution in [3.05, 3.63) is 43.0 Å². The van der Waals surface area contributed by atoms with Gasteiger partial charge in [0.2, 0.25) is 21.8 Å². The number of anilines is 1. The number of hydrogen-bond acceptors (Lipinski definition) is 8. The van der Waals surface area contributed by atoms with E-state index in [0.29, 0.717) is 12.8 Å². The lowest BCUT2D eigenvalue weighted by Gasteiger charge is -2.35. The smallest absolute Gasteiger partial charge is 0.408 e. The Morgan fingerprint density at radius 2 is 1.73 bits per heavy atom. The molecule has 1 saturated heterocycles. The number of sulfonamides is 1. The van der Waals surface area contributed by atoms with Crippen molar-refractivity contribution in [1.82, 2.24) is 20.3 Å². The van der Waals surface area contributed by atoms with Crippen LogP contribution in [0, 0.1) is 11.3 Å². The molecule has 1 heterocycles. The number of carbonyl (C=O) groups excluding carboxylic acids is 4. The molecule has 3 saturated carbocycles. The van der Waals surface area contributed by atoms with Crippen molar-refractivity contribution in [2.75, 3.05) is 18.1 Å². The first-order valence-electron chi connectivity index (χ1n) is 15.3. The van der Waals surface area contributed by atoms with Crippen LogP contribution in [0.4, 0.5) is 10.5 Å². The predicted octanol–water partition coefficient (Wildman–Crippen LogP) is 2.41. The van der Waals surface area contributed by atoms with E-state index in [1.54, 1.807) is 0 Å². The van der Waals surface area contributed by atoms with E-state index in [0.717, 1.165) is 31.4 Å². The number of hydrogen-bond donors (Lipinski definition) is 3. The van der Waals surface area contributed by atoms with Gasteiger partial charge in [0.25, 0.3) is 5.91 Å². The second kappa shape index (κ2) is 12.1. The standard InChI is InChI=1S/C31H43N5O7S/c1-5-20-17-31(20,28(39)34-44(41,42)23-15-16-23)33-26(37)24-18-35(21-11-7-6-8-12-21)19-36(24)27(38)25(30(2,3)4)32-29(40)43-22-13-9-10-14-22/h5-8,11-12,20,22-25H,1,9-10,13-19H2,2-4H3,(H,32,40)(H,33,37)(H,34,39)/t20-,24+,25?,31-/m1/s1. The number of ether oxygens (including phenoxy) is 1. The summed E-state index contributed by atoms with van der Waals surface area (Å²) in [5.74, 6) is -2.33. The van der Waals surface area contributed by atoms with Gasteiger partial charge in [-0.1, -0.05) is 45.0 Å². The molecule has 0 radical (unpaired) electrons. The Morgan fingerprint density at radius 1 is 1.07 bits per heavy atom. The minimum atomic E-state index is -3.84. The number of amides is 4. The third kappa shape index (κ3) is 6.72. The zero-order chi connectivity index (χ0) is 31.9. The zero-order valence-electron chi connectivity index (χ0n) is 25.6. The van der Waals surface area contributed by atoms with Crippen LogP contribution in [0.5, 0.6) is 0 Å². The summed E-state index contributed by atoms with van der Waals surface area (Å²) in [7, 11) is -3.84. The van der Waals surface area contributed by atoms with Gasteiger partial charge >= 0.3 is 6.09 Å². The molecule has 5 rings (SSSR count). The highest BCUT2D eigenvalue weighted by atomic mass is 32.2. The maximum absolute atomic E-state index is 14.2. The molecule has 1 unspecified atom stereocenters. The summed E-state index contributed by atoms with van der Waals surface area (Å²) in [6.07, 6.45) is 5.35. The number of rotatable bonds is 10. The molecule has 3 aliphatic carbocycles. The lowest BCUT2D eigenvalue weighted by molar-refractivity contribution is -0.142. The second-order valence-corrected chi connectivity index (χ2v) is 15.4. The van der Waals surface area contributed by atoms with Crippen LogP contribution in [0.15, 0.2) is 43.0 Å². The third-order valence-electron chi connectivity index (χ3n) is 9.00. The summed E-state index contributed by atoms with van der Waals surface area (Å²) in [5.41, 5.74) is -1.42. The highest BCUT2D eigenvalue weighted by Crippen LogP contribution is 2.45. The van der Waals surface area contributed by atoms with Gasteiger partial charge in [-0.2, -0.15) is 0 Å². The van der Waals surface area contributed by atoms with Gasteiger partial charge in [0.1, 0.15) is 23.7 Å². The monoisotopic (exact) mass is 629 g/mol. The number of nitrogens with zero attached hydrogens (tertiary/aromatic N) is 2. The molecule has 1 aromatic carbocycles. The van der Waals surface area contributed by atoms with Gasteiger partial charge in [0.05, 0.1) is 11.9 Å². The average molecular weight is 630 g/mol. The highest BCUT2D eigenvalue weighted by molar-refractivity contribution is 7.91. The second-order valence-electron chi connectivity index (χ2n) is 13.5. The fraction of sp³-hybridized carbons (Fsp3) is 0.613. The van der Waals surface area contributed by atoms with E-state index >= 15 is 0 Å². The van der Waals surface area contributed by atoms with Crippen molar-refractivity contribution in [3.63, 3.8) is 0 Å². The van der Waals surface area contributed by atoms with Gasteiger partial charge < -0.3 is 25.2 Å². The van der Waals surface area contributed by atoms with Gasteiger partial charge in [-0.25, -0.2) is 13.2 Å². The van der Waals surface area contributed by atoms with Gasteiger partial charge in [0, 0.05) is 18.2 Å². The molecule has 1 aromatic rings. The Labute approximate surface area is 259 Å². The molecule has 4 fully saturated rings. The van der Waals surface area contributed by atoms with Gasteiger partial charge in [-0.15, -0.1) is 6.58 Å². The molecular formula is C31H43N5O7S. The number of nitrogens with one attached hydrogen (secondary N) is 3. The van der Waals surface area contributed by atoms with E-state index in [1.165, 1.54) is 11.0 Å². The Hall–Kier alpha value is -3.61.